The van der Waals surface area contributed by atoms with Crippen LogP contribution in [0.25, 0.3) is 0 Å². The lowest BCUT2D eigenvalue weighted by Gasteiger charge is -2.20. The number of nitrogens with one attached hydrogen (secondary N) is 1. The van der Waals surface area contributed by atoms with Gasteiger partial charge in [0.25, 0.3) is 0 Å². The lowest BCUT2D eigenvalue weighted by molar-refractivity contribution is -0.897. The number of hydrogen-bond acceptors (Lipinski definition) is 1. The normalized spacial score (nSPS) is 19.0. The summed E-state index contributed by atoms with van der Waals surface area (Å²) in [4.78, 5) is 1.58. The molecule has 2 nitrogen and oxygen atoms in total. The smallest absolute Gasteiger partial charge is 0.139 e. The molecular weight excluding hydrogens is 138 g/mol. The van der Waals surface area contributed by atoms with Crippen LogP contribution < -0.4 is 4.90 Å². The third-order valence-electron chi connectivity index (χ3n) is 2.10. The molecule has 11 heavy (non-hydrogen) atoms. The van der Waals surface area contributed by atoms with Crippen LogP contribution in [0.2, 0.25) is 0 Å². The summed E-state index contributed by atoms with van der Waals surface area (Å²) in [7, 11) is 0. The number of aliphatic hydroxyl groups excluding tert-OH is 1. The standard InChI is InChI=1S/C9H15NO/c11-9-5-4-8-10-6-2-1-3-7-10/h11H,1-3,6-9H2/p+1. The summed E-state index contributed by atoms with van der Waals surface area (Å²) in [6.07, 6.45) is 4.07. The minimum absolute atomic E-state index is 0.00722. The summed E-state index contributed by atoms with van der Waals surface area (Å²) >= 11 is 0. The number of likely N-dealkylation sites (tertiary alicyclic amines) is 1. The van der Waals surface area contributed by atoms with E-state index >= 15 is 0 Å². The van der Waals surface area contributed by atoms with Gasteiger partial charge >= 0.3 is 0 Å². The molecule has 1 fully saturated rings. The van der Waals surface area contributed by atoms with Crippen molar-refractivity contribution in [2.75, 3.05) is 26.2 Å². The number of quaternary nitrogens is 1. The van der Waals surface area contributed by atoms with Gasteiger partial charge in [0.05, 0.1) is 13.1 Å². The summed E-state index contributed by atoms with van der Waals surface area (Å²) in [5, 5.41) is 8.41. The molecule has 0 aliphatic carbocycles. The second kappa shape index (κ2) is 5.17. The van der Waals surface area contributed by atoms with Crippen LogP contribution in [0.15, 0.2) is 0 Å². The first-order valence-corrected chi connectivity index (χ1v) is 4.33. The third-order valence-corrected chi connectivity index (χ3v) is 2.10. The Morgan fingerprint density at radius 1 is 1.09 bits per heavy atom. The maximum atomic E-state index is 8.41. The minimum Gasteiger partial charge on any atom is -0.384 e. The summed E-state index contributed by atoms with van der Waals surface area (Å²) in [6, 6.07) is 0. The lowest BCUT2D eigenvalue weighted by atomic mass is 10.1. The summed E-state index contributed by atoms with van der Waals surface area (Å²) in [5.74, 6) is 5.65. The first-order valence-electron chi connectivity index (χ1n) is 4.33. The molecule has 1 heterocycles. The zero-order valence-corrected chi connectivity index (χ0v) is 6.90. The fourth-order valence-electron chi connectivity index (χ4n) is 1.47. The van der Waals surface area contributed by atoms with E-state index in [1.165, 1.54) is 32.4 Å². The molecule has 0 bridgehead atoms. The molecular formula is C9H16NO+. The number of hydrogen-bond donors (Lipinski definition) is 2. The number of rotatable bonds is 1. The summed E-state index contributed by atoms with van der Waals surface area (Å²) < 4.78 is 0. The van der Waals surface area contributed by atoms with Gasteiger partial charge in [0, 0.05) is 0 Å². The Bertz CT molecular complexity index is 151. The van der Waals surface area contributed by atoms with Crippen LogP contribution in [0.4, 0.5) is 0 Å². The highest BCUT2D eigenvalue weighted by atomic mass is 16.2. The van der Waals surface area contributed by atoms with E-state index in [0.29, 0.717) is 0 Å². The van der Waals surface area contributed by atoms with E-state index in [0.717, 1.165) is 6.54 Å². The fourth-order valence-corrected chi connectivity index (χ4v) is 1.47. The van der Waals surface area contributed by atoms with Crippen molar-refractivity contribution in [3.8, 4) is 11.8 Å². The van der Waals surface area contributed by atoms with Gasteiger partial charge in [-0.05, 0) is 25.2 Å². The largest absolute Gasteiger partial charge is 0.384 e. The SMILES string of the molecule is OCC#CC[NH+]1CCCCC1. The zero-order chi connectivity index (χ0) is 7.94. The Hall–Kier alpha value is -0.520. The third kappa shape index (κ3) is 3.41. The van der Waals surface area contributed by atoms with Crippen LogP contribution in [-0.2, 0) is 0 Å². The van der Waals surface area contributed by atoms with E-state index in [-0.39, 0.29) is 6.61 Å². The molecule has 0 atom stereocenters. The van der Waals surface area contributed by atoms with E-state index in [1.807, 2.05) is 0 Å². The maximum Gasteiger partial charge on any atom is 0.139 e. The Balaban J connectivity index is 2.14. The van der Waals surface area contributed by atoms with Crippen molar-refractivity contribution in [3.63, 3.8) is 0 Å². The van der Waals surface area contributed by atoms with Crippen molar-refractivity contribution < 1.29 is 10.0 Å². The van der Waals surface area contributed by atoms with E-state index < -0.39 is 0 Å². The minimum atomic E-state index is 0.00722. The maximum absolute atomic E-state index is 8.41. The van der Waals surface area contributed by atoms with Crippen molar-refractivity contribution in [3.05, 3.63) is 0 Å². The zero-order valence-electron chi connectivity index (χ0n) is 6.90. The Morgan fingerprint density at radius 3 is 2.45 bits per heavy atom. The molecule has 0 saturated carbocycles. The molecule has 0 aromatic rings. The Kier molecular flexibility index (Phi) is 4.03. The number of piperidine rings is 1. The van der Waals surface area contributed by atoms with Crippen LogP contribution in [0.5, 0.6) is 0 Å². The van der Waals surface area contributed by atoms with Gasteiger partial charge in [-0.2, -0.15) is 0 Å². The van der Waals surface area contributed by atoms with E-state index in [1.54, 1.807) is 4.90 Å². The molecule has 0 aromatic heterocycles. The monoisotopic (exact) mass is 154 g/mol. The molecule has 0 radical (unpaired) electrons. The van der Waals surface area contributed by atoms with Crippen molar-refractivity contribution in [1.29, 1.82) is 0 Å². The highest BCUT2D eigenvalue weighted by Gasteiger charge is 2.10. The first kappa shape index (κ1) is 8.58. The van der Waals surface area contributed by atoms with Crippen LogP contribution in [0.3, 0.4) is 0 Å². The molecule has 2 heteroatoms. The fraction of sp³-hybridized carbons (Fsp3) is 0.778. The van der Waals surface area contributed by atoms with Crippen LogP contribution >= 0.6 is 0 Å². The molecule has 62 valence electrons. The predicted molar refractivity (Wildman–Crippen MR) is 44.3 cm³/mol. The Morgan fingerprint density at radius 2 is 1.82 bits per heavy atom. The average molecular weight is 154 g/mol. The first-order chi connectivity index (χ1) is 5.43. The van der Waals surface area contributed by atoms with Gasteiger partial charge in [-0.1, -0.05) is 5.92 Å². The molecule has 0 aromatic carbocycles. The van der Waals surface area contributed by atoms with Gasteiger partial charge in [0.2, 0.25) is 0 Å². The summed E-state index contributed by atoms with van der Waals surface area (Å²) in [5.41, 5.74) is 0. The highest BCUT2D eigenvalue weighted by Crippen LogP contribution is 1.93. The molecule has 0 amide bonds. The average Bonchev–Trinajstić information content (AvgIpc) is 2.07. The van der Waals surface area contributed by atoms with Crippen molar-refractivity contribution in [1.82, 2.24) is 0 Å². The molecule has 2 N–H and O–H groups in total. The van der Waals surface area contributed by atoms with Crippen molar-refractivity contribution in [2.24, 2.45) is 0 Å². The predicted octanol–water partition coefficient (Wildman–Crippen LogP) is -0.949. The van der Waals surface area contributed by atoms with Gasteiger partial charge in [0.1, 0.15) is 13.2 Å². The molecule has 1 aliphatic heterocycles. The van der Waals surface area contributed by atoms with Gasteiger partial charge in [-0.3, -0.25) is 0 Å². The van der Waals surface area contributed by atoms with Crippen molar-refractivity contribution in [2.45, 2.75) is 19.3 Å². The van der Waals surface area contributed by atoms with Crippen molar-refractivity contribution >= 4 is 0 Å². The molecule has 1 rings (SSSR count). The van der Waals surface area contributed by atoms with Gasteiger partial charge in [-0.25, -0.2) is 0 Å². The van der Waals surface area contributed by atoms with Gasteiger partial charge in [0.15, 0.2) is 0 Å². The molecule has 1 aliphatic rings. The van der Waals surface area contributed by atoms with Crippen LogP contribution in [0.1, 0.15) is 19.3 Å². The second-order valence-electron chi connectivity index (χ2n) is 3.00. The molecule has 0 unspecified atom stereocenters. The highest BCUT2D eigenvalue weighted by molar-refractivity contribution is 4.98. The topological polar surface area (TPSA) is 24.7 Å². The van der Waals surface area contributed by atoms with E-state index in [4.69, 9.17) is 5.11 Å². The second-order valence-corrected chi connectivity index (χ2v) is 3.00. The van der Waals surface area contributed by atoms with E-state index in [2.05, 4.69) is 11.8 Å². The van der Waals surface area contributed by atoms with Gasteiger partial charge < -0.3 is 10.0 Å². The molecule has 1 saturated heterocycles. The summed E-state index contributed by atoms with van der Waals surface area (Å²) in [6.45, 7) is 3.45. The lowest BCUT2D eigenvalue weighted by Crippen LogP contribution is -3.12. The Labute approximate surface area is 68.2 Å². The van der Waals surface area contributed by atoms with Crippen LogP contribution in [-0.4, -0.2) is 31.3 Å². The molecule has 0 spiro atoms. The number of aliphatic hydroxyl groups is 1. The van der Waals surface area contributed by atoms with Crippen LogP contribution in [0, 0.1) is 11.8 Å². The van der Waals surface area contributed by atoms with E-state index in [9.17, 15) is 0 Å². The van der Waals surface area contributed by atoms with Gasteiger partial charge in [-0.15, -0.1) is 0 Å². The quantitative estimate of drug-likeness (QED) is 0.468.